The van der Waals surface area contributed by atoms with Crippen LogP contribution in [0.4, 0.5) is 0 Å². The summed E-state index contributed by atoms with van der Waals surface area (Å²) < 4.78 is 25.0. The zero-order chi connectivity index (χ0) is 9.31. The lowest BCUT2D eigenvalue weighted by Gasteiger charge is -2.01. The van der Waals surface area contributed by atoms with Gasteiger partial charge < -0.3 is 0 Å². The summed E-state index contributed by atoms with van der Waals surface area (Å²) in [4.78, 5) is 0. The summed E-state index contributed by atoms with van der Waals surface area (Å²) in [5.41, 5.74) is 2.22. The number of hydrogen-bond acceptors (Lipinski definition) is 2. The topological polar surface area (TPSA) is 46.2 Å². The molecule has 0 spiro atoms. The van der Waals surface area contributed by atoms with Gasteiger partial charge in [0, 0.05) is 6.54 Å². The third-order valence-corrected chi connectivity index (χ3v) is 3.57. The molecule has 0 amide bonds. The predicted octanol–water partition coefficient (Wildman–Crippen LogP) is 0.662. The van der Waals surface area contributed by atoms with E-state index in [2.05, 4.69) is 4.72 Å². The van der Waals surface area contributed by atoms with Gasteiger partial charge in [-0.3, -0.25) is 0 Å². The van der Waals surface area contributed by atoms with Crippen molar-refractivity contribution < 1.29 is 8.42 Å². The summed E-state index contributed by atoms with van der Waals surface area (Å²) in [6.45, 7) is 0.429. The molecule has 4 heteroatoms. The van der Waals surface area contributed by atoms with E-state index in [9.17, 15) is 8.42 Å². The normalized spacial score (nSPS) is 20.3. The fourth-order valence-electron chi connectivity index (χ4n) is 1.48. The van der Waals surface area contributed by atoms with Gasteiger partial charge >= 0.3 is 0 Å². The van der Waals surface area contributed by atoms with Gasteiger partial charge in [0.25, 0.3) is 0 Å². The van der Waals surface area contributed by atoms with Crippen LogP contribution in [-0.4, -0.2) is 14.2 Å². The monoisotopic (exact) mass is 197 g/mol. The smallest absolute Gasteiger partial charge is 0.212 e. The van der Waals surface area contributed by atoms with Crippen LogP contribution >= 0.6 is 0 Å². The first-order valence-corrected chi connectivity index (χ1v) is 5.87. The highest BCUT2D eigenvalue weighted by molar-refractivity contribution is 7.89. The summed E-state index contributed by atoms with van der Waals surface area (Å²) >= 11 is 0. The van der Waals surface area contributed by atoms with Crippen molar-refractivity contribution in [2.45, 2.75) is 13.0 Å². The Morgan fingerprint density at radius 2 is 1.85 bits per heavy atom. The molecule has 70 valence electrons. The number of hydrogen-bond donors (Lipinski definition) is 1. The Hall–Kier alpha value is -0.870. The highest BCUT2D eigenvalue weighted by Crippen LogP contribution is 2.13. The molecular weight excluding hydrogens is 186 g/mol. The molecule has 0 saturated heterocycles. The van der Waals surface area contributed by atoms with Crippen LogP contribution in [0.3, 0.4) is 0 Å². The molecule has 3 nitrogen and oxygen atoms in total. The number of nitrogens with one attached hydrogen (secondary N) is 1. The minimum Gasteiger partial charge on any atom is -0.212 e. The molecule has 1 aliphatic rings. The van der Waals surface area contributed by atoms with E-state index in [1.54, 1.807) is 0 Å². The van der Waals surface area contributed by atoms with Gasteiger partial charge in [0.2, 0.25) is 10.0 Å². The quantitative estimate of drug-likeness (QED) is 0.664. The Kier molecular flexibility index (Phi) is 2.09. The Balaban J connectivity index is 2.37. The Morgan fingerprint density at radius 1 is 1.15 bits per heavy atom. The highest BCUT2D eigenvalue weighted by Gasteiger charge is 2.16. The van der Waals surface area contributed by atoms with Crippen molar-refractivity contribution in [2.24, 2.45) is 0 Å². The Bertz CT molecular complexity index is 378. The zero-order valence-corrected chi connectivity index (χ0v) is 7.97. The molecule has 0 unspecified atom stereocenters. The second-order valence-corrected chi connectivity index (χ2v) is 5.09. The van der Waals surface area contributed by atoms with Gasteiger partial charge in [0.05, 0.1) is 5.75 Å². The van der Waals surface area contributed by atoms with E-state index in [4.69, 9.17) is 0 Å². The van der Waals surface area contributed by atoms with E-state index in [-0.39, 0.29) is 5.75 Å². The maximum atomic E-state index is 11.2. The first-order valence-electron chi connectivity index (χ1n) is 4.21. The van der Waals surface area contributed by atoms with Crippen molar-refractivity contribution in [3.8, 4) is 0 Å². The fraction of sp³-hybridized carbons (Fsp3) is 0.333. The van der Waals surface area contributed by atoms with Crippen LogP contribution in [0.5, 0.6) is 0 Å². The van der Waals surface area contributed by atoms with Crippen LogP contribution in [0.1, 0.15) is 11.1 Å². The second kappa shape index (κ2) is 3.12. The molecule has 0 atom stereocenters. The van der Waals surface area contributed by atoms with Gasteiger partial charge in [0.15, 0.2) is 0 Å². The molecule has 2 rings (SSSR count). The predicted molar refractivity (Wildman–Crippen MR) is 50.8 cm³/mol. The van der Waals surface area contributed by atoms with Crippen LogP contribution in [0.15, 0.2) is 24.3 Å². The summed E-state index contributed by atoms with van der Waals surface area (Å²) in [5.74, 6) is 0.198. The average molecular weight is 197 g/mol. The molecule has 1 N–H and O–H groups in total. The minimum atomic E-state index is -3.04. The first kappa shape index (κ1) is 8.72. The van der Waals surface area contributed by atoms with Crippen molar-refractivity contribution in [1.29, 1.82) is 0 Å². The van der Waals surface area contributed by atoms with Crippen LogP contribution in [0.25, 0.3) is 0 Å². The van der Waals surface area contributed by atoms with Crippen molar-refractivity contribution in [3.05, 3.63) is 35.4 Å². The molecule has 13 heavy (non-hydrogen) atoms. The number of aryl methyl sites for hydroxylation is 1. The van der Waals surface area contributed by atoms with Crippen LogP contribution in [0.2, 0.25) is 0 Å². The SMILES string of the molecule is O=S1(=O)CCc2ccccc2CN1. The van der Waals surface area contributed by atoms with Gasteiger partial charge in [0.1, 0.15) is 0 Å². The maximum Gasteiger partial charge on any atom is 0.212 e. The second-order valence-electron chi connectivity index (χ2n) is 3.16. The number of fused-ring (bicyclic) bond motifs is 1. The minimum absolute atomic E-state index is 0.198. The number of rotatable bonds is 0. The molecular formula is C9H11NO2S. The Morgan fingerprint density at radius 3 is 2.62 bits per heavy atom. The van der Waals surface area contributed by atoms with Crippen molar-refractivity contribution in [3.63, 3.8) is 0 Å². The van der Waals surface area contributed by atoms with E-state index in [1.807, 2.05) is 24.3 Å². The largest absolute Gasteiger partial charge is 0.212 e. The van der Waals surface area contributed by atoms with E-state index in [0.717, 1.165) is 11.1 Å². The number of benzene rings is 1. The number of sulfonamides is 1. The lowest BCUT2D eigenvalue weighted by molar-refractivity contribution is 0.583. The van der Waals surface area contributed by atoms with Gasteiger partial charge in [-0.2, -0.15) is 0 Å². The van der Waals surface area contributed by atoms with Crippen LogP contribution in [-0.2, 0) is 23.0 Å². The molecule has 0 aliphatic carbocycles. The summed E-state index contributed by atoms with van der Waals surface area (Å²) in [7, 11) is -3.04. The molecule has 0 bridgehead atoms. The average Bonchev–Trinajstić information content (AvgIpc) is 2.27. The van der Waals surface area contributed by atoms with E-state index >= 15 is 0 Å². The highest BCUT2D eigenvalue weighted by atomic mass is 32.2. The zero-order valence-electron chi connectivity index (χ0n) is 7.16. The molecule has 1 aromatic rings. The molecule has 1 aromatic carbocycles. The van der Waals surface area contributed by atoms with Crippen molar-refractivity contribution in [1.82, 2.24) is 4.72 Å². The standard InChI is InChI=1S/C9H11NO2S/c11-13(12)6-5-8-3-1-2-4-9(8)7-10-13/h1-4,10H,5-7H2. The fourth-order valence-corrected chi connectivity index (χ4v) is 2.49. The molecule has 0 saturated carbocycles. The van der Waals surface area contributed by atoms with E-state index < -0.39 is 10.0 Å². The van der Waals surface area contributed by atoms with E-state index in [1.165, 1.54) is 0 Å². The van der Waals surface area contributed by atoms with Gasteiger partial charge in [-0.25, -0.2) is 13.1 Å². The van der Waals surface area contributed by atoms with Crippen LogP contribution < -0.4 is 4.72 Å². The molecule has 1 aliphatic heterocycles. The Labute approximate surface area is 77.8 Å². The van der Waals surface area contributed by atoms with Crippen molar-refractivity contribution in [2.75, 3.05) is 5.75 Å². The maximum absolute atomic E-state index is 11.2. The first-order chi connectivity index (χ1) is 6.17. The third kappa shape index (κ3) is 1.89. The molecule has 0 aromatic heterocycles. The van der Waals surface area contributed by atoms with Gasteiger partial charge in [-0.15, -0.1) is 0 Å². The van der Waals surface area contributed by atoms with Gasteiger partial charge in [-0.1, -0.05) is 24.3 Å². The van der Waals surface area contributed by atoms with Gasteiger partial charge in [-0.05, 0) is 17.5 Å². The van der Waals surface area contributed by atoms with Crippen molar-refractivity contribution >= 4 is 10.0 Å². The van der Waals surface area contributed by atoms with Crippen LogP contribution in [0, 0.1) is 0 Å². The lowest BCUT2D eigenvalue weighted by atomic mass is 10.1. The summed E-state index contributed by atoms with van der Waals surface area (Å²) in [6, 6.07) is 7.82. The third-order valence-electron chi connectivity index (χ3n) is 2.24. The summed E-state index contributed by atoms with van der Waals surface area (Å²) in [6.07, 6.45) is 0.617. The molecule has 0 radical (unpaired) electrons. The van der Waals surface area contributed by atoms with E-state index in [0.29, 0.717) is 13.0 Å². The summed E-state index contributed by atoms with van der Waals surface area (Å²) in [5, 5.41) is 0. The molecule has 1 heterocycles. The lowest BCUT2D eigenvalue weighted by Crippen LogP contribution is -2.23. The molecule has 0 fully saturated rings.